The first-order valence-corrected chi connectivity index (χ1v) is 9.24. The molecule has 1 atom stereocenters. The first-order chi connectivity index (χ1) is 11.0. The van der Waals surface area contributed by atoms with Gasteiger partial charge in [0, 0.05) is 19.2 Å². The maximum Gasteiger partial charge on any atom is 0.337 e. The lowest BCUT2D eigenvalue weighted by molar-refractivity contribution is 0.0600. The lowest BCUT2D eigenvalue weighted by atomic mass is 10.1. The highest BCUT2D eigenvalue weighted by Gasteiger charge is 2.39. The van der Waals surface area contributed by atoms with E-state index in [1.165, 1.54) is 19.2 Å². The Morgan fingerprint density at radius 2 is 2.13 bits per heavy atom. The number of ether oxygens (including phenoxy) is 2. The van der Waals surface area contributed by atoms with E-state index >= 15 is 0 Å². The van der Waals surface area contributed by atoms with Gasteiger partial charge >= 0.3 is 5.97 Å². The Kier molecular flexibility index (Phi) is 4.70. The minimum Gasteiger partial charge on any atom is -0.465 e. The van der Waals surface area contributed by atoms with Crippen LogP contribution in [0.2, 0.25) is 0 Å². The summed E-state index contributed by atoms with van der Waals surface area (Å²) in [6.45, 7) is 1.79. The molecule has 2 aliphatic rings. The minimum absolute atomic E-state index is 0.0717. The molecule has 0 aromatic heterocycles. The fraction of sp³-hybridized carbons (Fsp3) is 0.562. The van der Waals surface area contributed by atoms with Gasteiger partial charge in [-0.25, -0.2) is 13.2 Å². The van der Waals surface area contributed by atoms with Crippen molar-refractivity contribution >= 4 is 16.0 Å². The first kappa shape index (κ1) is 16.4. The largest absolute Gasteiger partial charge is 0.465 e. The molecule has 1 aliphatic carbocycles. The second-order valence-corrected chi connectivity index (χ2v) is 7.95. The summed E-state index contributed by atoms with van der Waals surface area (Å²) in [5.41, 5.74) is 0.244. The molecule has 0 bridgehead atoms. The third-order valence-electron chi connectivity index (χ3n) is 4.28. The third kappa shape index (κ3) is 3.57. The van der Waals surface area contributed by atoms with Crippen molar-refractivity contribution in [3.63, 3.8) is 0 Å². The number of esters is 1. The average molecular weight is 339 g/mol. The molecule has 0 spiro atoms. The van der Waals surface area contributed by atoms with Gasteiger partial charge in [-0.1, -0.05) is 6.07 Å². The van der Waals surface area contributed by atoms with Crippen molar-refractivity contribution in [1.82, 2.24) is 4.31 Å². The SMILES string of the molecule is COC(=O)c1cccc(S(=O)(=O)N(CC2CCOC2)C2CC2)c1. The highest BCUT2D eigenvalue weighted by molar-refractivity contribution is 7.89. The van der Waals surface area contributed by atoms with Crippen LogP contribution in [0.15, 0.2) is 29.2 Å². The van der Waals surface area contributed by atoms with E-state index < -0.39 is 16.0 Å². The third-order valence-corrected chi connectivity index (χ3v) is 6.19. The maximum atomic E-state index is 13.0. The van der Waals surface area contributed by atoms with Crippen LogP contribution in [0, 0.1) is 5.92 Å². The molecule has 6 nitrogen and oxygen atoms in total. The van der Waals surface area contributed by atoms with E-state index in [-0.39, 0.29) is 22.4 Å². The Morgan fingerprint density at radius 1 is 1.35 bits per heavy atom. The molecule has 1 saturated carbocycles. The Morgan fingerprint density at radius 3 is 2.74 bits per heavy atom. The highest BCUT2D eigenvalue weighted by atomic mass is 32.2. The molecular weight excluding hydrogens is 318 g/mol. The molecule has 1 aliphatic heterocycles. The van der Waals surface area contributed by atoms with Crippen LogP contribution in [-0.4, -0.2) is 51.6 Å². The Labute approximate surface area is 136 Å². The zero-order valence-electron chi connectivity index (χ0n) is 13.1. The van der Waals surface area contributed by atoms with Gasteiger partial charge in [-0.3, -0.25) is 0 Å². The summed E-state index contributed by atoms with van der Waals surface area (Å²) in [5.74, 6) is -0.293. The van der Waals surface area contributed by atoms with Crippen molar-refractivity contribution in [2.75, 3.05) is 26.9 Å². The van der Waals surface area contributed by atoms with Gasteiger partial charge in [0.2, 0.25) is 10.0 Å². The Bertz CT molecular complexity index is 677. The van der Waals surface area contributed by atoms with Gasteiger partial charge in [0.15, 0.2) is 0 Å². The summed E-state index contributed by atoms with van der Waals surface area (Å²) in [7, 11) is -2.34. The summed E-state index contributed by atoms with van der Waals surface area (Å²) in [5, 5.41) is 0. The van der Waals surface area contributed by atoms with Gasteiger partial charge in [0.05, 0.1) is 24.2 Å². The van der Waals surface area contributed by atoms with Crippen molar-refractivity contribution in [3.05, 3.63) is 29.8 Å². The van der Waals surface area contributed by atoms with E-state index in [1.54, 1.807) is 16.4 Å². The van der Waals surface area contributed by atoms with Crippen LogP contribution in [-0.2, 0) is 19.5 Å². The number of rotatable bonds is 6. The number of carbonyl (C=O) groups excluding carboxylic acids is 1. The molecule has 0 amide bonds. The van der Waals surface area contributed by atoms with Crippen LogP contribution < -0.4 is 0 Å². The molecular formula is C16H21NO5S. The monoisotopic (exact) mass is 339 g/mol. The van der Waals surface area contributed by atoms with Gasteiger partial charge in [-0.15, -0.1) is 0 Å². The summed E-state index contributed by atoms with van der Waals surface area (Å²) < 4.78 is 37.6. The molecule has 7 heteroatoms. The first-order valence-electron chi connectivity index (χ1n) is 7.80. The van der Waals surface area contributed by atoms with Gasteiger partial charge in [0.1, 0.15) is 0 Å². The molecule has 1 aromatic rings. The molecule has 3 rings (SSSR count). The van der Waals surface area contributed by atoms with E-state index in [4.69, 9.17) is 4.74 Å². The molecule has 2 fully saturated rings. The van der Waals surface area contributed by atoms with E-state index in [2.05, 4.69) is 4.74 Å². The van der Waals surface area contributed by atoms with Crippen LogP contribution in [0.5, 0.6) is 0 Å². The molecule has 23 heavy (non-hydrogen) atoms. The zero-order chi connectivity index (χ0) is 16.4. The standard InChI is InChI=1S/C16H21NO5S/c1-21-16(18)13-3-2-4-15(9-13)23(19,20)17(14-5-6-14)10-12-7-8-22-11-12/h2-4,9,12,14H,5-8,10-11H2,1H3. The van der Waals surface area contributed by atoms with Crippen LogP contribution in [0.25, 0.3) is 0 Å². The van der Waals surface area contributed by atoms with E-state index in [0.717, 1.165) is 19.3 Å². The summed E-state index contributed by atoms with van der Waals surface area (Å²) >= 11 is 0. The van der Waals surface area contributed by atoms with E-state index in [9.17, 15) is 13.2 Å². The summed E-state index contributed by atoms with van der Waals surface area (Å²) in [6, 6.07) is 6.12. The number of hydrogen-bond acceptors (Lipinski definition) is 5. The quantitative estimate of drug-likeness (QED) is 0.737. The second kappa shape index (κ2) is 6.59. The van der Waals surface area contributed by atoms with Crippen LogP contribution >= 0.6 is 0 Å². The van der Waals surface area contributed by atoms with Crippen LogP contribution in [0.1, 0.15) is 29.6 Å². The van der Waals surface area contributed by atoms with Crippen molar-refractivity contribution in [1.29, 1.82) is 0 Å². The van der Waals surface area contributed by atoms with Crippen molar-refractivity contribution in [3.8, 4) is 0 Å². The molecule has 0 radical (unpaired) electrons. The Hall–Kier alpha value is -1.44. The normalized spacial score (nSPS) is 21.6. The average Bonchev–Trinajstić information content (AvgIpc) is 3.27. The fourth-order valence-electron chi connectivity index (χ4n) is 2.82. The second-order valence-electron chi connectivity index (χ2n) is 6.05. The van der Waals surface area contributed by atoms with Gasteiger partial charge < -0.3 is 9.47 Å². The lowest BCUT2D eigenvalue weighted by Crippen LogP contribution is -2.37. The smallest absolute Gasteiger partial charge is 0.337 e. The van der Waals surface area contributed by atoms with Crippen molar-refractivity contribution in [2.45, 2.75) is 30.2 Å². The van der Waals surface area contributed by atoms with Crippen molar-refractivity contribution in [2.24, 2.45) is 5.92 Å². The summed E-state index contributed by atoms with van der Waals surface area (Å²) in [6.07, 6.45) is 2.67. The zero-order valence-corrected chi connectivity index (χ0v) is 13.9. The Balaban J connectivity index is 1.87. The van der Waals surface area contributed by atoms with Crippen molar-refractivity contribution < 1.29 is 22.7 Å². The lowest BCUT2D eigenvalue weighted by Gasteiger charge is -2.24. The molecule has 126 valence electrons. The number of methoxy groups -OCH3 is 1. The van der Waals surface area contributed by atoms with Gasteiger partial charge in [0.25, 0.3) is 0 Å². The van der Waals surface area contributed by atoms with Gasteiger partial charge in [-0.2, -0.15) is 4.31 Å². The number of hydrogen-bond donors (Lipinski definition) is 0. The molecule has 1 saturated heterocycles. The maximum absolute atomic E-state index is 13.0. The van der Waals surface area contributed by atoms with E-state index in [0.29, 0.717) is 19.8 Å². The number of benzene rings is 1. The fourth-order valence-corrected chi connectivity index (χ4v) is 4.63. The predicted molar refractivity (Wildman–Crippen MR) is 83.6 cm³/mol. The summed E-state index contributed by atoms with van der Waals surface area (Å²) in [4.78, 5) is 11.8. The van der Waals surface area contributed by atoms with Crippen LogP contribution in [0.4, 0.5) is 0 Å². The number of carbonyl (C=O) groups is 1. The topological polar surface area (TPSA) is 72.9 Å². The minimum atomic E-state index is -3.62. The molecule has 0 N–H and O–H groups in total. The molecule has 1 unspecified atom stereocenters. The number of sulfonamides is 1. The molecule has 1 heterocycles. The van der Waals surface area contributed by atoms with Crippen LogP contribution in [0.3, 0.4) is 0 Å². The molecule has 1 aromatic carbocycles. The van der Waals surface area contributed by atoms with E-state index in [1.807, 2.05) is 0 Å². The number of nitrogens with zero attached hydrogens (tertiary/aromatic N) is 1. The predicted octanol–water partition coefficient (Wildman–Crippen LogP) is 1.66. The highest BCUT2D eigenvalue weighted by Crippen LogP contribution is 2.34. The van der Waals surface area contributed by atoms with Gasteiger partial charge in [-0.05, 0) is 43.4 Å².